The van der Waals surface area contributed by atoms with Crippen molar-refractivity contribution in [1.29, 1.82) is 0 Å². The third-order valence-electron chi connectivity index (χ3n) is 4.29. The van der Waals surface area contributed by atoms with Gasteiger partial charge in [0.1, 0.15) is 0 Å². The smallest absolute Gasteiger partial charge is 0.261 e. The Kier molecular flexibility index (Phi) is 3.80. The Labute approximate surface area is 145 Å². The van der Waals surface area contributed by atoms with Gasteiger partial charge < -0.3 is 4.52 Å². The molecule has 7 heteroatoms. The Morgan fingerprint density at radius 1 is 1.04 bits per heavy atom. The van der Waals surface area contributed by atoms with Crippen molar-refractivity contribution in [3.05, 3.63) is 59.4 Å². The summed E-state index contributed by atoms with van der Waals surface area (Å²) in [5.41, 5.74) is 3.60. The molecule has 0 spiro atoms. The summed E-state index contributed by atoms with van der Waals surface area (Å²) in [5.74, 6) is 0.960. The van der Waals surface area contributed by atoms with Crippen molar-refractivity contribution in [2.24, 2.45) is 0 Å². The molecule has 1 N–H and O–H groups in total. The minimum Gasteiger partial charge on any atom is -0.334 e. The minimum atomic E-state index is -3.61. The first-order chi connectivity index (χ1) is 12.0. The molecule has 0 saturated carbocycles. The van der Waals surface area contributed by atoms with Crippen LogP contribution in [0.1, 0.15) is 23.4 Å². The molecule has 0 bridgehead atoms. The van der Waals surface area contributed by atoms with E-state index < -0.39 is 10.0 Å². The van der Waals surface area contributed by atoms with Crippen molar-refractivity contribution in [3.63, 3.8) is 0 Å². The molecule has 0 amide bonds. The lowest BCUT2D eigenvalue weighted by atomic mass is 10.1. The first-order valence-electron chi connectivity index (χ1n) is 8.07. The molecule has 1 aliphatic rings. The van der Waals surface area contributed by atoms with Crippen LogP contribution < -0.4 is 4.72 Å². The summed E-state index contributed by atoms with van der Waals surface area (Å²) in [6.07, 6.45) is 3.06. The van der Waals surface area contributed by atoms with E-state index >= 15 is 0 Å². The maximum Gasteiger partial charge on any atom is 0.261 e. The third-order valence-corrected chi connectivity index (χ3v) is 5.67. The summed E-state index contributed by atoms with van der Waals surface area (Å²) in [4.78, 5) is 4.45. The monoisotopic (exact) mass is 355 g/mol. The average Bonchev–Trinajstić information content (AvgIpc) is 3.23. The van der Waals surface area contributed by atoms with E-state index in [1.54, 1.807) is 43.3 Å². The number of hydrogen-bond acceptors (Lipinski definition) is 5. The van der Waals surface area contributed by atoms with Crippen molar-refractivity contribution in [2.45, 2.75) is 31.1 Å². The van der Waals surface area contributed by atoms with E-state index in [2.05, 4.69) is 14.9 Å². The first kappa shape index (κ1) is 15.8. The lowest BCUT2D eigenvalue weighted by Gasteiger charge is -2.10. The van der Waals surface area contributed by atoms with Gasteiger partial charge in [0, 0.05) is 11.3 Å². The lowest BCUT2D eigenvalue weighted by molar-refractivity contribution is 0.425. The Morgan fingerprint density at radius 2 is 1.80 bits per heavy atom. The van der Waals surface area contributed by atoms with Crippen molar-refractivity contribution in [2.75, 3.05) is 4.72 Å². The van der Waals surface area contributed by atoms with Crippen molar-refractivity contribution < 1.29 is 12.9 Å². The Bertz CT molecular complexity index is 1020. The zero-order valence-electron chi connectivity index (χ0n) is 13.7. The molecule has 0 aliphatic heterocycles. The molecule has 0 fully saturated rings. The first-order valence-corrected chi connectivity index (χ1v) is 9.55. The van der Waals surface area contributed by atoms with E-state index in [1.807, 2.05) is 6.07 Å². The maximum atomic E-state index is 12.6. The molecule has 6 nitrogen and oxygen atoms in total. The van der Waals surface area contributed by atoms with Gasteiger partial charge in [0.25, 0.3) is 15.9 Å². The number of nitrogens with one attached hydrogen (secondary N) is 1. The highest BCUT2D eigenvalue weighted by atomic mass is 32.2. The number of sulfonamides is 1. The molecule has 25 heavy (non-hydrogen) atoms. The zero-order chi connectivity index (χ0) is 17.4. The van der Waals surface area contributed by atoms with Gasteiger partial charge in [-0.25, -0.2) is 8.42 Å². The summed E-state index contributed by atoms with van der Waals surface area (Å²) in [6, 6.07) is 12.2. The van der Waals surface area contributed by atoms with E-state index in [0.29, 0.717) is 22.3 Å². The lowest BCUT2D eigenvalue weighted by Crippen LogP contribution is -2.13. The highest BCUT2D eigenvalue weighted by Crippen LogP contribution is 2.26. The molecular formula is C18H17N3O3S. The topological polar surface area (TPSA) is 85.1 Å². The van der Waals surface area contributed by atoms with Gasteiger partial charge in [0.05, 0.1) is 4.90 Å². The number of aryl methyl sites for hydroxylation is 3. The second kappa shape index (κ2) is 6.00. The van der Waals surface area contributed by atoms with E-state index in [1.165, 1.54) is 5.56 Å². The van der Waals surface area contributed by atoms with Crippen LogP contribution in [0.2, 0.25) is 0 Å². The molecule has 0 saturated heterocycles. The predicted octanol–water partition coefficient (Wildman–Crippen LogP) is 3.33. The van der Waals surface area contributed by atoms with Crippen LogP contribution in [-0.4, -0.2) is 18.6 Å². The Hall–Kier alpha value is -2.67. The SMILES string of the molecule is Cc1noc(-c2ccc(NS(=O)(=O)c3ccc4c(c3)CCC4)cc2)n1. The van der Waals surface area contributed by atoms with Gasteiger partial charge in [0.2, 0.25) is 0 Å². The summed E-state index contributed by atoms with van der Waals surface area (Å²) < 4.78 is 32.9. The van der Waals surface area contributed by atoms with Gasteiger partial charge in [-0.05, 0) is 73.7 Å². The second-order valence-electron chi connectivity index (χ2n) is 6.11. The third kappa shape index (κ3) is 3.15. The molecule has 2 aromatic carbocycles. The molecule has 1 aromatic heterocycles. The van der Waals surface area contributed by atoms with Gasteiger partial charge >= 0.3 is 0 Å². The van der Waals surface area contributed by atoms with Crippen molar-refractivity contribution >= 4 is 15.7 Å². The van der Waals surface area contributed by atoms with Crippen LogP contribution in [0.5, 0.6) is 0 Å². The largest absolute Gasteiger partial charge is 0.334 e. The zero-order valence-corrected chi connectivity index (χ0v) is 14.5. The van der Waals surface area contributed by atoms with Crippen LogP contribution in [0.15, 0.2) is 51.9 Å². The predicted molar refractivity (Wildman–Crippen MR) is 93.7 cm³/mol. The minimum absolute atomic E-state index is 0.296. The summed E-state index contributed by atoms with van der Waals surface area (Å²) in [6.45, 7) is 1.74. The molecular weight excluding hydrogens is 338 g/mol. The quantitative estimate of drug-likeness (QED) is 0.776. The van der Waals surface area contributed by atoms with Gasteiger partial charge in [-0.15, -0.1) is 0 Å². The number of rotatable bonds is 4. The molecule has 0 atom stereocenters. The second-order valence-corrected chi connectivity index (χ2v) is 7.80. The van der Waals surface area contributed by atoms with Gasteiger partial charge in [-0.3, -0.25) is 4.72 Å². The highest BCUT2D eigenvalue weighted by Gasteiger charge is 2.18. The van der Waals surface area contributed by atoms with E-state index in [-0.39, 0.29) is 0 Å². The highest BCUT2D eigenvalue weighted by molar-refractivity contribution is 7.92. The standard InChI is InChI=1S/C18H17N3O3S/c1-12-19-18(24-20-12)14-5-8-16(9-6-14)21-25(22,23)17-10-7-13-3-2-4-15(13)11-17/h5-11,21H,2-4H2,1H3. The van der Waals surface area contributed by atoms with Gasteiger partial charge in [-0.1, -0.05) is 11.2 Å². The van der Waals surface area contributed by atoms with Crippen molar-refractivity contribution in [3.8, 4) is 11.5 Å². The fourth-order valence-corrected chi connectivity index (χ4v) is 4.13. The van der Waals surface area contributed by atoms with E-state index in [0.717, 1.165) is 30.4 Å². The normalized spacial score (nSPS) is 13.6. The van der Waals surface area contributed by atoms with Crippen LogP contribution in [-0.2, 0) is 22.9 Å². The molecule has 1 heterocycles. The summed E-state index contributed by atoms with van der Waals surface area (Å²) in [7, 11) is -3.61. The van der Waals surface area contributed by atoms with Gasteiger partial charge in [-0.2, -0.15) is 4.98 Å². The number of anilines is 1. The number of benzene rings is 2. The molecule has 3 aromatic rings. The van der Waals surface area contributed by atoms with Crippen LogP contribution in [0.4, 0.5) is 5.69 Å². The molecule has 0 radical (unpaired) electrons. The Balaban J connectivity index is 1.56. The van der Waals surface area contributed by atoms with E-state index in [9.17, 15) is 8.42 Å². The average molecular weight is 355 g/mol. The summed E-state index contributed by atoms with van der Waals surface area (Å²) in [5, 5.41) is 3.75. The maximum absolute atomic E-state index is 12.6. The number of hydrogen-bond donors (Lipinski definition) is 1. The number of fused-ring (bicyclic) bond motifs is 1. The van der Waals surface area contributed by atoms with Crippen LogP contribution >= 0.6 is 0 Å². The number of aromatic nitrogens is 2. The fraction of sp³-hybridized carbons (Fsp3) is 0.222. The van der Waals surface area contributed by atoms with Crippen LogP contribution in [0, 0.1) is 6.92 Å². The van der Waals surface area contributed by atoms with Crippen LogP contribution in [0.3, 0.4) is 0 Å². The fourth-order valence-electron chi connectivity index (χ4n) is 3.02. The Morgan fingerprint density at radius 3 is 2.52 bits per heavy atom. The van der Waals surface area contributed by atoms with Gasteiger partial charge in [0.15, 0.2) is 5.82 Å². The number of nitrogens with zero attached hydrogens (tertiary/aromatic N) is 2. The molecule has 1 aliphatic carbocycles. The van der Waals surface area contributed by atoms with Crippen molar-refractivity contribution in [1.82, 2.24) is 10.1 Å². The molecule has 0 unspecified atom stereocenters. The van der Waals surface area contributed by atoms with E-state index in [4.69, 9.17) is 4.52 Å². The molecule has 4 rings (SSSR count). The summed E-state index contributed by atoms with van der Waals surface area (Å²) >= 11 is 0. The van der Waals surface area contributed by atoms with Crippen LogP contribution in [0.25, 0.3) is 11.5 Å². The molecule has 128 valence electrons.